The van der Waals surface area contributed by atoms with E-state index in [1.54, 1.807) is 0 Å². The van der Waals surface area contributed by atoms with Crippen molar-refractivity contribution in [2.45, 2.75) is 5.41 Å². The maximum absolute atomic E-state index is 7.27. The number of nitrogens with zero attached hydrogens (tertiary/aromatic N) is 2. The van der Waals surface area contributed by atoms with Crippen LogP contribution in [-0.2, 0) is 5.41 Å². The van der Waals surface area contributed by atoms with Crippen LogP contribution in [0.3, 0.4) is 0 Å². The van der Waals surface area contributed by atoms with Gasteiger partial charge in [0.15, 0.2) is 0 Å². The number of fused-ring (bicyclic) bond motifs is 12. The van der Waals surface area contributed by atoms with Crippen LogP contribution >= 0.6 is 0 Å². The molecule has 3 nitrogen and oxygen atoms in total. The Labute approximate surface area is 384 Å². The maximum atomic E-state index is 7.27. The molecule has 1 unspecified atom stereocenters. The second-order valence-corrected chi connectivity index (χ2v) is 17.2. The molecule has 0 saturated carbocycles. The number of anilines is 6. The molecule has 0 bridgehead atoms. The molecular formula is C63H42N2O. The summed E-state index contributed by atoms with van der Waals surface area (Å²) >= 11 is 0. The van der Waals surface area contributed by atoms with Gasteiger partial charge in [0, 0.05) is 45.1 Å². The lowest BCUT2D eigenvalue weighted by Gasteiger charge is -2.32. The highest BCUT2D eigenvalue weighted by Crippen LogP contribution is 2.65. The van der Waals surface area contributed by atoms with Crippen LogP contribution in [0, 0.1) is 0 Å². The molecule has 310 valence electrons. The summed E-state index contributed by atoms with van der Waals surface area (Å²) < 4.78 is 7.27. The van der Waals surface area contributed by atoms with Gasteiger partial charge in [0.25, 0.3) is 0 Å². The molecule has 1 spiro atoms. The molecule has 66 heavy (non-hydrogen) atoms. The maximum Gasteiger partial charge on any atom is 0.135 e. The molecule has 11 aromatic rings. The van der Waals surface area contributed by atoms with Crippen LogP contribution in [0.4, 0.5) is 34.1 Å². The Morgan fingerprint density at radius 2 is 0.682 bits per heavy atom. The van der Waals surface area contributed by atoms with E-state index in [2.05, 4.69) is 265 Å². The Morgan fingerprint density at radius 1 is 0.288 bits per heavy atom. The molecule has 13 rings (SSSR count). The molecule has 3 heteroatoms. The molecule has 1 aromatic heterocycles. The van der Waals surface area contributed by atoms with Crippen molar-refractivity contribution in [3.8, 4) is 44.5 Å². The van der Waals surface area contributed by atoms with Gasteiger partial charge in [-0.05, 0) is 134 Å². The number of furan rings is 1. The summed E-state index contributed by atoms with van der Waals surface area (Å²) in [4.78, 5) is 4.77. The fourth-order valence-electron chi connectivity index (χ4n) is 10.8. The van der Waals surface area contributed by atoms with Gasteiger partial charge in [-0.2, -0.15) is 0 Å². The molecule has 10 aromatic carbocycles. The molecule has 1 atom stereocenters. The zero-order valence-corrected chi connectivity index (χ0v) is 36.1. The molecule has 0 radical (unpaired) electrons. The average Bonchev–Trinajstić information content (AvgIpc) is 4.01. The summed E-state index contributed by atoms with van der Waals surface area (Å²) in [6.07, 6.45) is 0. The van der Waals surface area contributed by atoms with Crippen LogP contribution in [0.1, 0.15) is 22.5 Å². The topological polar surface area (TPSA) is 19.6 Å². The van der Waals surface area contributed by atoms with E-state index in [0.717, 1.165) is 56.4 Å². The highest BCUT2D eigenvalue weighted by atomic mass is 16.3. The molecule has 2 aliphatic carbocycles. The zero-order chi connectivity index (χ0) is 43.6. The van der Waals surface area contributed by atoms with Gasteiger partial charge in [-0.25, -0.2) is 0 Å². The van der Waals surface area contributed by atoms with Gasteiger partial charge in [-0.15, -0.1) is 0 Å². The van der Waals surface area contributed by atoms with Crippen molar-refractivity contribution in [3.63, 3.8) is 0 Å². The van der Waals surface area contributed by atoms with Gasteiger partial charge in [-0.3, -0.25) is 0 Å². The minimum atomic E-state index is -0.749. The molecule has 0 aliphatic heterocycles. The first-order chi connectivity index (χ1) is 32.7. The third-order valence-electron chi connectivity index (χ3n) is 13.7. The van der Waals surface area contributed by atoms with Crippen molar-refractivity contribution in [2.75, 3.05) is 9.80 Å². The van der Waals surface area contributed by atoms with E-state index in [9.17, 15) is 0 Å². The summed E-state index contributed by atoms with van der Waals surface area (Å²) in [6.45, 7) is 0. The number of rotatable bonds is 8. The lowest BCUT2D eigenvalue weighted by atomic mass is 9.73. The predicted molar refractivity (Wildman–Crippen MR) is 273 cm³/mol. The van der Waals surface area contributed by atoms with Crippen LogP contribution < -0.4 is 9.80 Å². The average molecular weight is 843 g/mol. The highest BCUT2D eigenvalue weighted by molar-refractivity contribution is 6.05. The number of hydrogen-bond donors (Lipinski definition) is 0. The van der Waals surface area contributed by atoms with E-state index in [4.69, 9.17) is 4.42 Å². The van der Waals surface area contributed by atoms with E-state index in [0.29, 0.717) is 0 Å². The van der Waals surface area contributed by atoms with Crippen molar-refractivity contribution < 1.29 is 4.42 Å². The molecular weight excluding hydrogens is 801 g/mol. The number of para-hydroxylation sites is 3. The molecule has 1 heterocycles. The predicted octanol–water partition coefficient (Wildman–Crippen LogP) is 17.0. The SMILES string of the molecule is c1ccc(-c2ccc(N(c3ccc(-c4ccccc4)cc3)c3ccc4c(c3)C3(c5ccccc5-c5ccc(N(c6ccccc6)c6ccccc6)cc53)c3oc5ccccc5c3-4)cc2)cc1. The summed E-state index contributed by atoms with van der Waals surface area (Å²) in [5.74, 6) is 0.969. The summed E-state index contributed by atoms with van der Waals surface area (Å²) in [5, 5.41) is 1.13. The quantitative estimate of drug-likeness (QED) is 0.152. The number of hydrogen-bond acceptors (Lipinski definition) is 3. The molecule has 0 N–H and O–H groups in total. The fourth-order valence-corrected chi connectivity index (χ4v) is 10.8. The van der Waals surface area contributed by atoms with E-state index in [1.165, 1.54) is 55.6 Å². The standard InChI is InChI=1S/C63H42N2O/c1-5-17-43(18-6-1)45-29-33-49(34-30-45)65(50-35-31-46(32-36-50)44-19-7-2-8-20-44)52-38-40-55-59(42-52)63(62-61(55)56-26-14-16-28-60(56)66-62)57-27-15-13-25-53(57)54-39-37-51(41-58(54)63)64(47-21-9-3-10-22-47)48-23-11-4-12-24-48/h1-42H. The monoisotopic (exact) mass is 842 g/mol. The Hall–Kier alpha value is -8.66. The first-order valence-corrected chi connectivity index (χ1v) is 22.7. The number of benzene rings is 10. The second-order valence-electron chi connectivity index (χ2n) is 17.2. The van der Waals surface area contributed by atoms with Gasteiger partial charge in [0.05, 0.1) is 0 Å². The van der Waals surface area contributed by atoms with Gasteiger partial charge >= 0.3 is 0 Å². The minimum Gasteiger partial charge on any atom is -0.459 e. The van der Waals surface area contributed by atoms with Gasteiger partial charge in [0.2, 0.25) is 0 Å². The summed E-state index contributed by atoms with van der Waals surface area (Å²) in [7, 11) is 0. The lowest BCUT2D eigenvalue weighted by Crippen LogP contribution is -2.26. The Morgan fingerprint density at radius 3 is 1.24 bits per heavy atom. The summed E-state index contributed by atoms with van der Waals surface area (Å²) in [6, 6.07) is 92.1. The van der Waals surface area contributed by atoms with E-state index in [-0.39, 0.29) is 0 Å². The van der Waals surface area contributed by atoms with Crippen LogP contribution in [0.5, 0.6) is 0 Å². The first-order valence-electron chi connectivity index (χ1n) is 22.7. The zero-order valence-electron chi connectivity index (χ0n) is 36.1. The first kappa shape index (κ1) is 37.9. The fraction of sp³-hybridized carbons (Fsp3) is 0.0159. The van der Waals surface area contributed by atoms with E-state index in [1.807, 2.05) is 0 Å². The Bertz CT molecular complexity index is 3440. The second kappa shape index (κ2) is 15.3. The van der Waals surface area contributed by atoms with Crippen molar-refractivity contribution in [1.82, 2.24) is 0 Å². The molecule has 0 saturated heterocycles. The lowest BCUT2D eigenvalue weighted by molar-refractivity contribution is 0.507. The largest absolute Gasteiger partial charge is 0.459 e. The smallest absolute Gasteiger partial charge is 0.135 e. The Kier molecular flexibility index (Phi) is 8.75. The van der Waals surface area contributed by atoms with Gasteiger partial charge < -0.3 is 14.2 Å². The van der Waals surface area contributed by atoms with Crippen molar-refractivity contribution in [1.29, 1.82) is 0 Å². The van der Waals surface area contributed by atoms with Gasteiger partial charge in [0.1, 0.15) is 16.8 Å². The van der Waals surface area contributed by atoms with Crippen LogP contribution in [0.25, 0.3) is 55.5 Å². The van der Waals surface area contributed by atoms with E-state index < -0.39 is 5.41 Å². The van der Waals surface area contributed by atoms with Crippen molar-refractivity contribution >= 4 is 45.1 Å². The minimum absolute atomic E-state index is 0.749. The van der Waals surface area contributed by atoms with Crippen molar-refractivity contribution in [2.24, 2.45) is 0 Å². The van der Waals surface area contributed by atoms with Crippen LogP contribution in [0.15, 0.2) is 259 Å². The van der Waals surface area contributed by atoms with Crippen molar-refractivity contribution in [3.05, 3.63) is 277 Å². The normalized spacial score (nSPS) is 14.1. The molecule has 2 aliphatic rings. The third-order valence-corrected chi connectivity index (χ3v) is 13.7. The summed E-state index contributed by atoms with van der Waals surface area (Å²) in [5.41, 5.74) is 19.8. The van der Waals surface area contributed by atoms with E-state index >= 15 is 0 Å². The van der Waals surface area contributed by atoms with Gasteiger partial charge in [-0.1, -0.05) is 176 Å². The molecule has 0 amide bonds. The van der Waals surface area contributed by atoms with Crippen LogP contribution in [0.2, 0.25) is 0 Å². The third kappa shape index (κ3) is 5.84. The Balaban J connectivity index is 1.06. The van der Waals surface area contributed by atoms with Crippen LogP contribution in [-0.4, -0.2) is 0 Å². The highest BCUT2D eigenvalue weighted by Gasteiger charge is 2.55. The molecule has 0 fully saturated rings.